The number of rotatable bonds is 22. The lowest BCUT2D eigenvalue weighted by molar-refractivity contribution is 0.125. The van der Waals surface area contributed by atoms with Gasteiger partial charge in [-0.3, -0.25) is 9.11 Å². The molecule has 0 spiro atoms. The Balaban J connectivity index is -0.000000159. The van der Waals surface area contributed by atoms with Crippen LogP contribution in [0.2, 0.25) is 0 Å². The molecule has 0 aliphatic carbocycles. The van der Waals surface area contributed by atoms with Gasteiger partial charge >= 0.3 is 10.4 Å². The Kier molecular flexibility index (Phi) is 71.6. The summed E-state index contributed by atoms with van der Waals surface area (Å²) in [6.45, 7) is 12.4. The van der Waals surface area contributed by atoms with Gasteiger partial charge in [-0.15, -0.1) is 0 Å². The molecule has 0 rings (SSSR count). The van der Waals surface area contributed by atoms with Crippen molar-refractivity contribution in [2.75, 3.05) is 33.0 Å². The van der Waals surface area contributed by atoms with Crippen molar-refractivity contribution < 1.29 is 37.6 Å². The molecule has 40 heavy (non-hydrogen) atoms. The summed E-state index contributed by atoms with van der Waals surface area (Å²) in [5.74, 6) is 0. The zero-order valence-electron chi connectivity index (χ0n) is 27.3. The van der Waals surface area contributed by atoms with Gasteiger partial charge in [-0.1, -0.05) is 129 Å². The maximum Gasteiger partial charge on any atom is 0.394 e. The minimum Gasteiger partial charge on any atom is -0.397 e. The van der Waals surface area contributed by atoms with Gasteiger partial charge in [-0.05, 0) is 33.6 Å². The fourth-order valence-corrected chi connectivity index (χ4v) is 3.49. The zero-order valence-corrected chi connectivity index (χ0v) is 28.1. The van der Waals surface area contributed by atoms with E-state index in [2.05, 4.69) is 13.8 Å². The topological polar surface area (TPSA) is 180 Å². The van der Waals surface area contributed by atoms with Gasteiger partial charge < -0.3 is 26.2 Å². The van der Waals surface area contributed by atoms with Gasteiger partial charge in [0, 0.05) is 33.0 Å². The summed E-state index contributed by atoms with van der Waals surface area (Å²) in [5, 5.41) is 22.7. The van der Waals surface area contributed by atoms with Crippen LogP contribution in [-0.4, -0.2) is 65.9 Å². The first-order valence-electron chi connectivity index (χ1n) is 15.8. The van der Waals surface area contributed by atoms with E-state index in [1.807, 2.05) is 0 Å². The molecule has 0 fully saturated rings. The fourth-order valence-electron chi connectivity index (χ4n) is 3.49. The maximum atomic E-state index is 8.74. The van der Waals surface area contributed by atoms with Crippen molar-refractivity contribution in [2.24, 2.45) is 0 Å². The molecule has 0 heterocycles. The van der Waals surface area contributed by atoms with Crippen molar-refractivity contribution >= 4 is 10.4 Å². The van der Waals surface area contributed by atoms with E-state index in [9.17, 15) is 0 Å². The van der Waals surface area contributed by atoms with Crippen LogP contribution in [0, 0.1) is 0 Å². The normalized spacial score (nSPS) is 9.85. The molecule has 0 saturated carbocycles. The SMILES string of the molecule is CCCCCCCCCCCCOCCCCCCCCCCCC.CCO.CCO.CCO.N.O=S(=O)(O)O. The molecular formula is C30H73NO8S. The smallest absolute Gasteiger partial charge is 0.394 e. The van der Waals surface area contributed by atoms with Gasteiger partial charge in [0.2, 0.25) is 0 Å². The zero-order chi connectivity index (χ0) is 30.9. The molecule has 0 aliphatic rings. The van der Waals surface area contributed by atoms with Crippen molar-refractivity contribution in [3.05, 3.63) is 0 Å². The number of hydrogen-bond acceptors (Lipinski definition) is 7. The maximum absolute atomic E-state index is 8.74. The molecule has 252 valence electrons. The Hall–Kier alpha value is -0.330. The van der Waals surface area contributed by atoms with Crippen molar-refractivity contribution in [1.29, 1.82) is 0 Å². The second-order valence-electron chi connectivity index (χ2n) is 9.37. The Morgan fingerprint density at radius 1 is 0.425 bits per heavy atom. The number of aliphatic hydroxyl groups excluding tert-OH is 3. The van der Waals surface area contributed by atoms with Crippen LogP contribution in [0.5, 0.6) is 0 Å². The van der Waals surface area contributed by atoms with Crippen LogP contribution in [0.4, 0.5) is 0 Å². The van der Waals surface area contributed by atoms with Crippen LogP contribution >= 0.6 is 0 Å². The highest BCUT2D eigenvalue weighted by Crippen LogP contribution is 2.12. The van der Waals surface area contributed by atoms with Gasteiger partial charge in [0.25, 0.3) is 0 Å². The average Bonchev–Trinajstić information content (AvgIpc) is 2.85. The van der Waals surface area contributed by atoms with Crippen LogP contribution in [0.1, 0.15) is 163 Å². The van der Waals surface area contributed by atoms with E-state index in [0.717, 1.165) is 13.2 Å². The number of unbranched alkanes of at least 4 members (excludes halogenated alkanes) is 18. The van der Waals surface area contributed by atoms with Crippen LogP contribution < -0.4 is 6.15 Å². The van der Waals surface area contributed by atoms with Crippen LogP contribution in [-0.2, 0) is 15.1 Å². The average molecular weight is 608 g/mol. The molecule has 0 saturated heterocycles. The molecule has 0 aliphatic heterocycles. The molecule has 10 heteroatoms. The minimum absolute atomic E-state index is 0. The van der Waals surface area contributed by atoms with E-state index in [1.165, 1.54) is 128 Å². The second-order valence-corrected chi connectivity index (χ2v) is 10.3. The Labute approximate surface area is 250 Å². The lowest BCUT2D eigenvalue weighted by atomic mass is 10.1. The predicted octanol–water partition coefficient (Wildman–Crippen LogP) is 8.35. The van der Waals surface area contributed by atoms with Gasteiger partial charge in [0.05, 0.1) is 0 Å². The van der Waals surface area contributed by atoms with E-state index in [1.54, 1.807) is 20.8 Å². The number of aliphatic hydroxyl groups is 3. The molecule has 0 amide bonds. The lowest BCUT2D eigenvalue weighted by Gasteiger charge is -2.05. The molecule has 0 bridgehead atoms. The first-order chi connectivity index (χ1) is 18.7. The minimum atomic E-state index is -4.67. The molecule has 0 aromatic carbocycles. The summed E-state index contributed by atoms with van der Waals surface area (Å²) < 4.78 is 37.4. The van der Waals surface area contributed by atoms with Crippen molar-refractivity contribution in [1.82, 2.24) is 6.15 Å². The third-order valence-electron chi connectivity index (χ3n) is 5.28. The molecule has 0 aromatic heterocycles. The first kappa shape index (κ1) is 52.3. The van der Waals surface area contributed by atoms with Crippen molar-refractivity contribution in [2.45, 2.75) is 163 Å². The number of hydrogen-bond donors (Lipinski definition) is 6. The van der Waals surface area contributed by atoms with E-state index >= 15 is 0 Å². The van der Waals surface area contributed by atoms with E-state index < -0.39 is 10.4 Å². The molecule has 0 unspecified atom stereocenters. The Bertz CT molecular complexity index is 420. The lowest BCUT2D eigenvalue weighted by Crippen LogP contribution is -1.97. The molecule has 0 radical (unpaired) electrons. The third-order valence-corrected chi connectivity index (χ3v) is 5.28. The van der Waals surface area contributed by atoms with Crippen LogP contribution in [0.3, 0.4) is 0 Å². The summed E-state index contributed by atoms with van der Waals surface area (Å²) in [6.07, 6.45) is 28.2. The highest BCUT2D eigenvalue weighted by Gasteiger charge is 1.95. The van der Waals surface area contributed by atoms with E-state index in [4.69, 9.17) is 37.6 Å². The van der Waals surface area contributed by atoms with Crippen molar-refractivity contribution in [3.63, 3.8) is 0 Å². The molecule has 0 aromatic rings. The quantitative estimate of drug-likeness (QED) is 0.0520. The highest BCUT2D eigenvalue weighted by molar-refractivity contribution is 7.79. The van der Waals surface area contributed by atoms with Crippen LogP contribution in [0.15, 0.2) is 0 Å². The van der Waals surface area contributed by atoms with Crippen LogP contribution in [0.25, 0.3) is 0 Å². The summed E-state index contributed by atoms with van der Waals surface area (Å²) in [6, 6.07) is 0. The van der Waals surface area contributed by atoms with Gasteiger partial charge in [-0.2, -0.15) is 8.42 Å². The standard InChI is InChI=1S/C24H50O.3C2H6O.H3N.H2O4S/c1-3-5-7-9-11-13-15-17-19-21-23-25-24-22-20-18-16-14-12-10-8-6-4-2;3*1-2-3;;1-5(2,3)4/h3-24H2,1-2H3;3*3H,2H2,1H3;1H3;(H2,1,2,3,4). The largest absolute Gasteiger partial charge is 0.397 e. The fraction of sp³-hybridized carbons (Fsp3) is 1.00. The molecule has 0 atom stereocenters. The van der Waals surface area contributed by atoms with Gasteiger partial charge in [0.15, 0.2) is 0 Å². The second kappa shape index (κ2) is 54.7. The predicted molar refractivity (Wildman–Crippen MR) is 172 cm³/mol. The van der Waals surface area contributed by atoms with Gasteiger partial charge in [-0.25, -0.2) is 0 Å². The van der Waals surface area contributed by atoms with Gasteiger partial charge in [0.1, 0.15) is 0 Å². The van der Waals surface area contributed by atoms with E-state index in [0.29, 0.717) is 0 Å². The number of ether oxygens (including phenoxy) is 1. The Morgan fingerprint density at radius 3 is 0.750 bits per heavy atom. The van der Waals surface area contributed by atoms with E-state index in [-0.39, 0.29) is 26.0 Å². The highest BCUT2D eigenvalue weighted by atomic mass is 32.3. The molecular weight excluding hydrogens is 534 g/mol. The van der Waals surface area contributed by atoms with Crippen molar-refractivity contribution in [3.8, 4) is 0 Å². The molecule has 9 nitrogen and oxygen atoms in total. The summed E-state index contributed by atoms with van der Waals surface area (Å²) in [7, 11) is -4.67. The Morgan fingerprint density at radius 2 is 0.575 bits per heavy atom. The summed E-state index contributed by atoms with van der Waals surface area (Å²) in [4.78, 5) is 0. The first-order valence-corrected chi connectivity index (χ1v) is 17.2. The molecule has 8 N–H and O–H groups in total. The monoisotopic (exact) mass is 608 g/mol. The summed E-state index contributed by atoms with van der Waals surface area (Å²) >= 11 is 0. The summed E-state index contributed by atoms with van der Waals surface area (Å²) in [5.41, 5.74) is 0. The third kappa shape index (κ3) is 108.